The molecule has 0 unspecified atom stereocenters. The molecule has 27 heavy (non-hydrogen) atoms. The Bertz CT molecular complexity index is 693. The highest BCUT2D eigenvalue weighted by Gasteiger charge is 2.44. The molecular weight excluding hydrogens is 377 g/mol. The van der Waals surface area contributed by atoms with Crippen LogP contribution in [0.25, 0.3) is 0 Å². The summed E-state index contributed by atoms with van der Waals surface area (Å²) >= 11 is 0. The van der Waals surface area contributed by atoms with E-state index in [9.17, 15) is 21.6 Å². The van der Waals surface area contributed by atoms with E-state index in [-0.39, 0.29) is 31.7 Å². The summed E-state index contributed by atoms with van der Waals surface area (Å²) in [6, 6.07) is 10.0. The number of hydrogen-bond acceptors (Lipinski definition) is 3. The van der Waals surface area contributed by atoms with Gasteiger partial charge in [0.05, 0.1) is 11.2 Å². The van der Waals surface area contributed by atoms with Crippen molar-refractivity contribution in [1.29, 1.82) is 0 Å². The molecule has 2 fully saturated rings. The zero-order valence-corrected chi connectivity index (χ0v) is 16.1. The lowest BCUT2D eigenvalue weighted by atomic mass is 9.88. The highest BCUT2D eigenvalue weighted by atomic mass is 32.2. The predicted molar refractivity (Wildman–Crippen MR) is 98.6 cm³/mol. The molecule has 1 saturated carbocycles. The fourth-order valence-electron chi connectivity index (χ4n) is 4.08. The van der Waals surface area contributed by atoms with E-state index in [1.165, 1.54) is 5.56 Å². The molecule has 0 bridgehead atoms. The summed E-state index contributed by atoms with van der Waals surface area (Å²) in [7, 11) is -3.56. The van der Waals surface area contributed by atoms with E-state index in [1.807, 2.05) is 18.2 Å². The van der Waals surface area contributed by atoms with Gasteiger partial charge in [0.15, 0.2) is 0 Å². The van der Waals surface area contributed by atoms with Gasteiger partial charge in [-0.1, -0.05) is 30.3 Å². The van der Waals surface area contributed by atoms with Crippen molar-refractivity contribution in [2.45, 2.75) is 62.5 Å². The Morgan fingerprint density at radius 2 is 1.56 bits per heavy atom. The summed E-state index contributed by atoms with van der Waals surface area (Å²) in [6.07, 6.45) is -2.77. The van der Waals surface area contributed by atoms with Crippen molar-refractivity contribution in [1.82, 2.24) is 9.62 Å². The number of benzene rings is 1. The molecule has 1 heterocycles. The third-order valence-corrected chi connectivity index (χ3v) is 7.75. The maximum absolute atomic E-state index is 12.8. The minimum Gasteiger partial charge on any atom is -0.299 e. The monoisotopic (exact) mass is 404 g/mol. The number of rotatable bonds is 5. The van der Waals surface area contributed by atoms with Crippen molar-refractivity contribution >= 4 is 10.0 Å². The Labute approximate surface area is 159 Å². The molecule has 0 aromatic heterocycles. The van der Waals surface area contributed by atoms with Gasteiger partial charge in [-0.2, -0.15) is 13.2 Å². The van der Waals surface area contributed by atoms with Crippen LogP contribution in [-0.2, 0) is 16.6 Å². The smallest absolute Gasteiger partial charge is 0.299 e. The quantitative estimate of drug-likeness (QED) is 0.814. The molecule has 152 valence electrons. The minimum atomic E-state index is -4.21. The Morgan fingerprint density at radius 3 is 2.11 bits per heavy atom. The number of likely N-dealkylation sites (tertiary alicyclic amines) is 1. The lowest BCUT2D eigenvalue weighted by molar-refractivity contribution is -0.181. The first-order valence-electron chi connectivity index (χ1n) is 9.58. The Morgan fingerprint density at radius 1 is 0.963 bits per heavy atom. The molecule has 1 aromatic carbocycles. The first-order chi connectivity index (χ1) is 12.7. The Hall–Kier alpha value is -1.12. The number of nitrogens with one attached hydrogen (secondary N) is 1. The standard InChI is InChI=1S/C19H27F3N2O2S/c20-19(21,22)16-6-8-18(9-7-16)27(25,26)23-17-10-12-24(13-11-17)14-15-4-2-1-3-5-15/h1-5,16-18,23H,6-14H2. The fourth-order valence-corrected chi connectivity index (χ4v) is 5.87. The molecule has 0 radical (unpaired) electrons. The van der Waals surface area contributed by atoms with E-state index < -0.39 is 27.4 Å². The van der Waals surface area contributed by atoms with E-state index in [1.54, 1.807) is 0 Å². The molecule has 1 saturated heterocycles. The Balaban J connectivity index is 1.45. The maximum Gasteiger partial charge on any atom is 0.391 e. The molecule has 1 aliphatic heterocycles. The average molecular weight is 404 g/mol. The second kappa shape index (κ2) is 8.49. The molecule has 0 amide bonds. The molecule has 1 aliphatic carbocycles. The summed E-state index contributed by atoms with van der Waals surface area (Å²) in [5.41, 5.74) is 1.23. The van der Waals surface area contributed by atoms with E-state index in [0.29, 0.717) is 0 Å². The highest BCUT2D eigenvalue weighted by Crippen LogP contribution is 2.39. The molecule has 1 N–H and O–H groups in total. The molecule has 3 rings (SSSR count). The van der Waals surface area contributed by atoms with Gasteiger partial charge in [-0.25, -0.2) is 13.1 Å². The van der Waals surface area contributed by atoms with E-state index >= 15 is 0 Å². The third-order valence-electron chi connectivity index (χ3n) is 5.74. The van der Waals surface area contributed by atoms with Gasteiger partial charge in [-0.05, 0) is 44.1 Å². The van der Waals surface area contributed by atoms with Crippen LogP contribution in [0.15, 0.2) is 30.3 Å². The van der Waals surface area contributed by atoms with Crippen LogP contribution in [-0.4, -0.2) is 43.9 Å². The van der Waals surface area contributed by atoms with Crippen molar-refractivity contribution in [3.63, 3.8) is 0 Å². The first kappa shape index (κ1) is 20.6. The summed E-state index contributed by atoms with van der Waals surface area (Å²) < 4.78 is 66.2. The van der Waals surface area contributed by atoms with Gasteiger partial charge < -0.3 is 0 Å². The Kier molecular flexibility index (Phi) is 6.48. The van der Waals surface area contributed by atoms with Gasteiger partial charge in [-0.15, -0.1) is 0 Å². The van der Waals surface area contributed by atoms with Crippen molar-refractivity contribution in [3.05, 3.63) is 35.9 Å². The molecular formula is C19H27F3N2O2S. The second-order valence-corrected chi connectivity index (χ2v) is 9.71. The zero-order chi connectivity index (χ0) is 19.5. The summed E-state index contributed by atoms with van der Waals surface area (Å²) in [4.78, 5) is 2.30. The van der Waals surface area contributed by atoms with Crippen molar-refractivity contribution in [2.24, 2.45) is 5.92 Å². The zero-order valence-electron chi connectivity index (χ0n) is 15.3. The van der Waals surface area contributed by atoms with E-state index in [2.05, 4.69) is 21.8 Å². The van der Waals surface area contributed by atoms with Gasteiger partial charge in [0.2, 0.25) is 10.0 Å². The maximum atomic E-state index is 12.8. The molecule has 4 nitrogen and oxygen atoms in total. The number of halogens is 3. The summed E-state index contributed by atoms with van der Waals surface area (Å²) in [5.74, 6) is -1.36. The van der Waals surface area contributed by atoms with Crippen LogP contribution >= 0.6 is 0 Å². The van der Waals surface area contributed by atoms with Crippen LogP contribution < -0.4 is 4.72 Å². The van der Waals surface area contributed by atoms with Gasteiger partial charge in [0, 0.05) is 25.7 Å². The van der Waals surface area contributed by atoms with Gasteiger partial charge >= 0.3 is 6.18 Å². The molecule has 2 aliphatic rings. The highest BCUT2D eigenvalue weighted by molar-refractivity contribution is 7.90. The lowest BCUT2D eigenvalue weighted by Gasteiger charge is -2.34. The lowest BCUT2D eigenvalue weighted by Crippen LogP contribution is -2.48. The fraction of sp³-hybridized carbons (Fsp3) is 0.684. The van der Waals surface area contributed by atoms with E-state index in [0.717, 1.165) is 32.5 Å². The number of alkyl halides is 3. The van der Waals surface area contributed by atoms with Crippen molar-refractivity contribution in [3.8, 4) is 0 Å². The number of sulfonamides is 1. The van der Waals surface area contributed by atoms with Crippen molar-refractivity contribution in [2.75, 3.05) is 13.1 Å². The minimum absolute atomic E-state index is 0.0896. The van der Waals surface area contributed by atoms with Gasteiger partial charge in [-0.3, -0.25) is 4.90 Å². The van der Waals surface area contributed by atoms with Crippen LogP contribution in [0.1, 0.15) is 44.1 Å². The van der Waals surface area contributed by atoms with Crippen LogP contribution in [0.4, 0.5) is 13.2 Å². The summed E-state index contributed by atoms with van der Waals surface area (Å²) in [6.45, 7) is 2.47. The SMILES string of the molecule is O=S(=O)(NC1CCN(Cc2ccccc2)CC1)C1CCC(C(F)(F)F)CC1. The largest absolute Gasteiger partial charge is 0.391 e. The molecule has 8 heteroatoms. The number of nitrogens with zero attached hydrogens (tertiary/aromatic N) is 1. The molecule has 0 spiro atoms. The van der Waals surface area contributed by atoms with Crippen LogP contribution in [0.2, 0.25) is 0 Å². The third kappa shape index (κ3) is 5.68. The van der Waals surface area contributed by atoms with Crippen LogP contribution in [0.5, 0.6) is 0 Å². The van der Waals surface area contributed by atoms with Crippen LogP contribution in [0, 0.1) is 5.92 Å². The van der Waals surface area contributed by atoms with Gasteiger partial charge in [0.25, 0.3) is 0 Å². The first-order valence-corrected chi connectivity index (χ1v) is 11.1. The summed E-state index contributed by atoms with van der Waals surface area (Å²) in [5, 5.41) is -0.696. The topological polar surface area (TPSA) is 49.4 Å². The average Bonchev–Trinajstić information content (AvgIpc) is 2.63. The second-order valence-electron chi connectivity index (χ2n) is 7.71. The predicted octanol–water partition coefficient (Wildman–Crippen LogP) is 3.69. The number of hydrogen-bond donors (Lipinski definition) is 1. The van der Waals surface area contributed by atoms with Crippen molar-refractivity contribution < 1.29 is 21.6 Å². The van der Waals surface area contributed by atoms with E-state index in [4.69, 9.17) is 0 Å². The molecule has 0 atom stereocenters. The normalized spacial score (nSPS) is 26.2. The van der Waals surface area contributed by atoms with Gasteiger partial charge in [0.1, 0.15) is 0 Å². The van der Waals surface area contributed by atoms with Crippen LogP contribution in [0.3, 0.4) is 0 Å². The molecule has 1 aromatic rings. The number of piperidine rings is 1.